The van der Waals surface area contributed by atoms with Gasteiger partial charge < -0.3 is 10.6 Å². The van der Waals surface area contributed by atoms with Crippen molar-refractivity contribution in [1.82, 2.24) is 9.88 Å². The topological polar surface area (TPSA) is 59.2 Å². The molecule has 1 aromatic rings. The first-order chi connectivity index (χ1) is 8.41. The van der Waals surface area contributed by atoms with Crippen molar-refractivity contribution < 1.29 is 4.79 Å². The average Bonchev–Trinajstić information content (AvgIpc) is 2.35. The molecule has 0 fully saturated rings. The second kappa shape index (κ2) is 6.85. The lowest BCUT2D eigenvalue weighted by molar-refractivity contribution is 0.0783. The van der Waals surface area contributed by atoms with Crippen LogP contribution < -0.4 is 5.73 Å². The van der Waals surface area contributed by atoms with Crippen molar-refractivity contribution in [1.29, 1.82) is 0 Å². The summed E-state index contributed by atoms with van der Waals surface area (Å²) in [7, 11) is 1.78. The number of hydrogen-bond donors (Lipinski definition) is 1. The monoisotopic (exact) mass is 313 g/mol. The van der Waals surface area contributed by atoms with Crippen LogP contribution in [0.2, 0.25) is 0 Å². The average molecular weight is 314 g/mol. The molecular weight excluding hydrogens is 294 g/mol. The van der Waals surface area contributed by atoms with Crippen LogP contribution in [0.3, 0.4) is 0 Å². The maximum Gasteiger partial charge on any atom is 0.272 e. The van der Waals surface area contributed by atoms with E-state index in [0.29, 0.717) is 18.2 Å². The Morgan fingerprint density at radius 2 is 2.17 bits per heavy atom. The van der Waals surface area contributed by atoms with Crippen molar-refractivity contribution in [2.45, 2.75) is 26.3 Å². The third kappa shape index (κ3) is 4.38. The fraction of sp³-hybridized carbons (Fsp3) is 0.538. The van der Waals surface area contributed by atoms with Gasteiger partial charge in [-0.05, 0) is 40.4 Å². The number of rotatable bonds is 5. The minimum absolute atomic E-state index is 0.0709. The summed E-state index contributed by atoms with van der Waals surface area (Å²) in [5.41, 5.74) is 6.42. The highest BCUT2D eigenvalue weighted by atomic mass is 79.9. The highest BCUT2D eigenvalue weighted by molar-refractivity contribution is 9.10. The van der Waals surface area contributed by atoms with Gasteiger partial charge in [0.05, 0.1) is 0 Å². The SMILES string of the molecule is CC(C)C(N)CCN(C)C(=O)c1ccc(Br)cn1. The molecule has 0 aliphatic carbocycles. The van der Waals surface area contributed by atoms with Gasteiger partial charge >= 0.3 is 0 Å². The van der Waals surface area contributed by atoms with Gasteiger partial charge in [-0.3, -0.25) is 4.79 Å². The number of hydrogen-bond acceptors (Lipinski definition) is 3. The van der Waals surface area contributed by atoms with Gasteiger partial charge in [-0.2, -0.15) is 0 Å². The zero-order valence-corrected chi connectivity index (χ0v) is 12.6. The van der Waals surface area contributed by atoms with Crippen LogP contribution in [0.4, 0.5) is 0 Å². The third-order valence-electron chi connectivity index (χ3n) is 2.95. The van der Waals surface area contributed by atoms with Gasteiger partial charge in [0.25, 0.3) is 5.91 Å². The Labute approximate surface area is 117 Å². The van der Waals surface area contributed by atoms with Crippen molar-refractivity contribution in [2.24, 2.45) is 11.7 Å². The van der Waals surface area contributed by atoms with E-state index in [1.54, 1.807) is 24.2 Å². The Hall–Kier alpha value is -0.940. The van der Waals surface area contributed by atoms with Crippen LogP contribution in [0, 0.1) is 5.92 Å². The quantitative estimate of drug-likeness (QED) is 0.907. The van der Waals surface area contributed by atoms with E-state index < -0.39 is 0 Å². The number of carbonyl (C=O) groups excluding carboxylic acids is 1. The van der Waals surface area contributed by atoms with Crippen molar-refractivity contribution in [3.63, 3.8) is 0 Å². The van der Waals surface area contributed by atoms with E-state index in [9.17, 15) is 4.79 Å². The summed E-state index contributed by atoms with van der Waals surface area (Å²) >= 11 is 3.29. The van der Waals surface area contributed by atoms with Crippen LogP contribution in [-0.2, 0) is 0 Å². The van der Waals surface area contributed by atoms with Gasteiger partial charge in [0.2, 0.25) is 0 Å². The molecule has 1 amide bonds. The smallest absolute Gasteiger partial charge is 0.272 e. The molecule has 0 spiro atoms. The maximum absolute atomic E-state index is 12.0. The Morgan fingerprint density at radius 3 is 2.67 bits per heavy atom. The van der Waals surface area contributed by atoms with Crippen LogP contribution in [0.25, 0.3) is 0 Å². The lowest BCUT2D eigenvalue weighted by Gasteiger charge is -2.21. The number of nitrogens with zero attached hydrogens (tertiary/aromatic N) is 2. The second-order valence-electron chi connectivity index (χ2n) is 4.78. The first kappa shape index (κ1) is 15.1. The molecule has 0 aliphatic heterocycles. The summed E-state index contributed by atoms with van der Waals surface area (Å²) in [5, 5.41) is 0. The standard InChI is InChI=1S/C13H20BrN3O/c1-9(2)11(15)6-7-17(3)13(18)12-5-4-10(14)8-16-12/h4-5,8-9,11H,6-7,15H2,1-3H3. The molecule has 1 unspecified atom stereocenters. The first-order valence-electron chi connectivity index (χ1n) is 6.04. The van der Waals surface area contributed by atoms with Crippen molar-refractivity contribution in [2.75, 3.05) is 13.6 Å². The largest absolute Gasteiger partial charge is 0.340 e. The summed E-state index contributed by atoms with van der Waals surface area (Å²) in [6.45, 7) is 4.82. The molecule has 1 atom stereocenters. The van der Waals surface area contributed by atoms with Gasteiger partial charge in [-0.25, -0.2) is 4.98 Å². The van der Waals surface area contributed by atoms with Crippen LogP contribution in [0.1, 0.15) is 30.8 Å². The first-order valence-corrected chi connectivity index (χ1v) is 6.83. The summed E-state index contributed by atoms with van der Waals surface area (Å²) in [5.74, 6) is 0.359. The molecule has 0 aromatic carbocycles. The fourth-order valence-electron chi connectivity index (χ4n) is 1.48. The number of amides is 1. The molecule has 0 bridgehead atoms. The van der Waals surface area contributed by atoms with Gasteiger partial charge in [-0.1, -0.05) is 13.8 Å². The highest BCUT2D eigenvalue weighted by Crippen LogP contribution is 2.10. The van der Waals surface area contributed by atoms with Crippen LogP contribution in [-0.4, -0.2) is 35.4 Å². The van der Waals surface area contributed by atoms with E-state index in [2.05, 4.69) is 34.8 Å². The van der Waals surface area contributed by atoms with Crippen molar-refractivity contribution in [3.8, 4) is 0 Å². The number of aromatic nitrogens is 1. The van der Waals surface area contributed by atoms with E-state index in [0.717, 1.165) is 10.9 Å². The summed E-state index contributed by atoms with van der Waals surface area (Å²) in [6, 6.07) is 3.65. The lowest BCUT2D eigenvalue weighted by Crippen LogP contribution is -2.34. The van der Waals surface area contributed by atoms with Gasteiger partial charge in [0.15, 0.2) is 0 Å². The van der Waals surface area contributed by atoms with E-state index in [4.69, 9.17) is 5.73 Å². The predicted octanol–water partition coefficient (Wildman–Crippen LogP) is 2.29. The number of halogens is 1. The molecule has 0 aliphatic rings. The molecule has 1 rings (SSSR count). The van der Waals surface area contributed by atoms with Gasteiger partial charge in [-0.15, -0.1) is 0 Å². The molecule has 0 saturated carbocycles. The zero-order valence-electron chi connectivity index (χ0n) is 11.1. The lowest BCUT2D eigenvalue weighted by atomic mass is 10.0. The molecule has 18 heavy (non-hydrogen) atoms. The Morgan fingerprint density at radius 1 is 1.50 bits per heavy atom. The van der Waals surface area contributed by atoms with E-state index in [1.807, 2.05) is 6.07 Å². The molecule has 0 radical (unpaired) electrons. The van der Waals surface area contributed by atoms with Crippen molar-refractivity contribution >= 4 is 21.8 Å². The molecular formula is C13H20BrN3O. The van der Waals surface area contributed by atoms with E-state index >= 15 is 0 Å². The predicted molar refractivity (Wildman–Crippen MR) is 76.3 cm³/mol. The zero-order chi connectivity index (χ0) is 13.7. The molecule has 0 saturated heterocycles. The van der Waals surface area contributed by atoms with E-state index in [-0.39, 0.29) is 11.9 Å². The molecule has 1 heterocycles. The summed E-state index contributed by atoms with van der Waals surface area (Å²) in [4.78, 5) is 17.8. The van der Waals surface area contributed by atoms with E-state index in [1.165, 1.54) is 0 Å². The fourth-order valence-corrected chi connectivity index (χ4v) is 1.71. The molecule has 2 N–H and O–H groups in total. The second-order valence-corrected chi connectivity index (χ2v) is 5.70. The normalized spacial score (nSPS) is 12.6. The summed E-state index contributed by atoms with van der Waals surface area (Å²) < 4.78 is 0.864. The minimum Gasteiger partial charge on any atom is -0.340 e. The minimum atomic E-state index is -0.0709. The number of carbonyl (C=O) groups is 1. The van der Waals surface area contributed by atoms with Crippen LogP contribution in [0.15, 0.2) is 22.8 Å². The van der Waals surface area contributed by atoms with Crippen molar-refractivity contribution in [3.05, 3.63) is 28.5 Å². The van der Waals surface area contributed by atoms with Crippen LogP contribution >= 0.6 is 15.9 Å². The number of nitrogens with two attached hydrogens (primary N) is 1. The molecule has 5 heteroatoms. The third-order valence-corrected chi connectivity index (χ3v) is 3.42. The highest BCUT2D eigenvalue weighted by Gasteiger charge is 2.15. The Bertz CT molecular complexity index is 392. The van der Waals surface area contributed by atoms with Crippen LogP contribution in [0.5, 0.6) is 0 Å². The maximum atomic E-state index is 12.0. The number of pyridine rings is 1. The molecule has 4 nitrogen and oxygen atoms in total. The molecule has 1 aromatic heterocycles. The Balaban J connectivity index is 2.54. The summed E-state index contributed by atoms with van der Waals surface area (Å²) in [6.07, 6.45) is 2.43. The Kier molecular flexibility index (Phi) is 5.75. The van der Waals surface area contributed by atoms with Gasteiger partial charge in [0.1, 0.15) is 5.69 Å². The van der Waals surface area contributed by atoms with Gasteiger partial charge in [0, 0.05) is 30.3 Å². The molecule has 100 valence electrons.